The summed E-state index contributed by atoms with van der Waals surface area (Å²) in [6, 6.07) is 0. The first-order valence-electron chi connectivity index (χ1n) is 3.66. The quantitative estimate of drug-likeness (QED) is 0.497. The van der Waals surface area contributed by atoms with Crippen LogP contribution in [0.2, 0.25) is 0 Å². The van der Waals surface area contributed by atoms with Crippen LogP contribution in [0, 0.1) is 0 Å². The van der Waals surface area contributed by atoms with Crippen LogP contribution in [0.15, 0.2) is 0 Å². The van der Waals surface area contributed by atoms with Gasteiger partial charge in [0.05, 0.1) is 5.38 Å². The Balaban J connectivity index is 3.10. The number of rotatable bonds is 6. The Labute approximate surface area is 95.3 Å². The fraction of sp³-hybridized carbons (Fsp3) is 1.00. The highest BCUT2D eigenvalue weighted by Crippen LogP contribution is 2.21. The number of hydrogen-bond donors (Lipinski definition) is 0. The predicted octanol–water partition coefficient (Wildman–Crippen LogP) is 4.51. The molecule has 0 saturated heterocycles. The average Bonchev–Trinajstić information content (AvgIpc) is 1.97. The molecule has 4 heteroatoms. The van der Waals surface area contributed by atoms with Gasteiger partial charge in [-0.25, -0.2) is 0 Å². The molecule has 0 aliphatic heterocycles. The highest BCUT2D eigenvalue weighted by Gasteiger charge is 2.11. The van der Waals surface area contributed by atoms with Crippen LogP contribution in [-0.4, -0.2) is 15.0 Å². The fourth-order valence-electron chi connectivity index (χ4n) is 0.737. The summed E-state index contributed by atoms with van der Waals surface area (Å²) in [5, 5.41) is 1.14. The lowest BCUT2D eigenvalue weighted by Crippen LogP contribution is -2.07. The first-order chi connectivity index (χ1) is 5.18. The first kappa shape index (κ1) is 12.5. The van der Waals surface area contributed by atoms with E-state index in [2.05, 4.69) is 31.9 Å². The molecule has 0 spiro atoms. The number of alkyl halides is 4. The average molecular weight is 327 g/mol. The molecule has 2 unspecified atom stereocenters. The van der Waals surface area contributed by atoms with Crippen molar-refractivity contribution < 1.29 is 0 Å². The van der Waals surface area contributed by atoms with Gasteiger partial charge >= 0.3 is 0 Å². The molecule has 0 aromatic heterocycles. The van der Waals surface area contributed by atoms with Gasteiger partial charge in [-0.1, -0.05) is 44.7 Å². The van der Waals surface area contributed by atoms with E-state index in [9.17, 15) is 0 Å². The molecule has 0 nitrogen and oxygen atoms in total. The van der Waals surface area contributed by atoms with Gasteiger partial charge in [0, 0.05) is 5.33 Å². The van der Waals surface area contributed by atoms with E-state index in [0.29, 0.717) is 0 Å². The lowest BCUT2D eigenvalue weighted by atomic mass is 10.2. The molecule has 0 aromatic rings. The molecule has 0 radical (unpaired) electrons. The molecule has 0 aromatic carbocycles. The Hall–Kier alpha value is 1.54. The van der Waals surface area contributed by atoms with Crippen LogP contribution >= 0.6 is 55.1 Å². The number of halogens is 4. The van der Waals surface area contributed by atoms with E-state index in [4.69, 9.17) is 23.2 Å². The lowest BCUT2D eigenvalue weighted by molar-refractivity contribution is 0.662. The summed E-state index contributed by atoms with van der Waals surface area (Å²) in [5.74, 6) is 0. The predicted molar refractivity (Wildman–Crippen MR) is 60.5 cm³/mol. The molecule has 0 saturated carbocycles. The summed E-state index contributed by atoms with van der Waals surface area (Å²) in [4.78, 5) is 0. The summed E-state index contributed by atoms with van der Waals surface area (Å²) < 4.78 is -0.0897. The summed E-state index contributed by atoms with van der Waals surface area (Å²) >= 11 is 18.2. The van der Waals surface area contributed by atoms with Gasteiger partial charge in [0.1, 0.15) is 4.29 Å². The van der Waals surface area contributed by atoms with Crippen LogP contribution < -0.4 is 0 Å². The molecule has 0 fully saturated rings. The lowest BCUT2D eigenvalue weighted by Gasteiger charge is -2.08. The van der Waals surface area contributed by atoms with Crippen molar-refractivity contribution >= 4 is 55.1 Å². The monoisotopic (exact) mass is 324 g/mol. The second-order valence-electron chi connectivity index (χ2n) is 2.39. The van der Waals surface area contributed by atoms with Crippen LogP contribution in [0.1, 0.15) is 25.7 Å². The molecular weight excluding hydrogens is 315 g/mol. The zero-order valence-corrected chi connectivity index (χ0v) is 10.9. The zero-order chi connectivity index (χ0) is 8.69. The Kier molecular flexibility index (Phi) is 9.29. The summed E-state index contributed by atoms with van der Waals surface area (Å²) in [7, 11) is 0. The minimum atomic E-state index is -0.0897. The second kappa shape index (κ2) is 8.15. The van der Waals surface area contributed by atoms with E-state index in [1.165, 1.54) is 12.8 Å². The minimum absolute atomic E-state index is 0.0620. The van der Waals surface area contributed by atoms with Crippen molar-refractivity contribution in [2.45, 2.75) is 35.3 Å². The van der Waals surface area contributed by atoms with Crippen LogP contribution in [0.25, 0.3) is 0 Å². The van der Waals surface area contributed by atoms with Crippen LogP contribution in [-0.2, 0) is 0 Å². The Morgan fingerprint density at radius 3 is 2.18 bits per heavy atom. The van der Waals surface area contributed by atoms with E-state index < -0.39 is 0 Å². The SMILES string of the molecule is ClC(Br)C(Cl)CCCCCBr. The highest BCUT2D eigenvalue weighted by molar-refractivity contribution is 9.10. The van der Waals surface area contributed by atoms with Gasteiger partial charge in [-0.05, 0) is 12.8 Å². The fourth-order valence-corrected chi connectivity index (χ4v) is 1.68. The van der Waals surface area contributed by atoms with Crippen molar-refractivity contribution in [3.05, 3.63) is 0 Å². The van der Waals surface area contributed by atoms with Crippen molar-refractivity contribution in [3.8, 4) is 0 Å². The van der Waals surface area contributed by atoms with Crippen molar-refractivity contribution in [3.63, 3.8) is 0 Å². The minimum Gasteiger partial charge on any atom is -0.120 e. The first-order valence-corrected chi connectivity index (χ1v) is 6.57. The smallest absolute Gasteiger partial charge is 0.105 e. The van der Waals surface area contributed by atoms with Gasteiger partial charge in [-0.3, -0.25) is 0 Å². The van der Waals surface area contributed by atoms with E-state index in [1.54, 1.807) is 0 Å². The largest absolute Gasteiger partial charge is 0.120 e. The zero-order valence-electron chi connectivity index (χ0n) is 6.20. The van der Waals surface area contributed by atoms with Gasteiger partial charge in [0.25, 0.3) is 0 Å². The Morgan fingerprint density at radius 2 is 1.73 bits per heavy atom. The third-order valence-corrected chi connectivity index (χ3v) is 3.79. The molecule has 0 bridgehead atoms. The van der Waals surface area contributed by atoms with Crippen molar-refractivity contribution in [1.29, 1.82) is 0 Å². The van der Waals surface area contributed by atoms with Gasteiger partial charge in [0.2, 0.25) is 0 Å². The molecule has 0 N–H and O–H groups in total. The van der Waals surface area contributed by atoms with E-state index in [1.807, 2.05) is 0 Å². The van der Waals surface area contributed by atoms with E-state index in [-0.39, 0.29) is 9.66 Å². The van der Waals surface area contributed by atoms with Gasteiger partial charge in [-0.2, -0.15) is 0 Å². The van der Waals surface area contributed by atoms with Crippen LogP contribution in [0.3, 0.4) is 0 Å². The van der Waals surface area contributed by atoms with E-state index >= 15 is 0 Å². The molecule has 0 aliphatic carbocycles. The standard InChI is InChI=1S/C7H12Br2Cl2/c8-5-3-1-2-4-6(10)7(9)11/h6-7H,1-5H2. The van der Waals surface area contributed by atoms with Crippen LogP contribution in [0.4, 0.5) is 0 Å². The molecule has 2 atom stereocenters. The molecule has 0 rings (SSSR count). The highest BCUT2D eigenvalue weighted by atomic mass is 79.9. The van der Waals surface area contributed by atoms with Crippen molar-refractivity contribution in [1.82, 2.24) is 0 Å². The molecular formula is C7H12Br2Cl2. The molecule has 11 heavy (non-hydrogen) atoms. The number of unbranched alkanes of at least 4 members (excludes halogenated alkanes) is 2. The summed E-state index contributed by atoms with van der Waals surface area (Å²) in [5.41, 5.74) is 0. The van der Waals surface area contributed by atoms with E-state index in [0.717, 1.165) is 18.2 Å². The van der Waals surface area contributed by atoms with Crippen molar-refractivity contribution in [2.75, 3.05) is 5.33 Å². The maximum atomic E-state index is 5.90. The van der Waals surface area contributed by atoms with Gasteiger partial charge in [-0.15, -0.1) is 23.2 Å². The van der Waals surface area contributed by atoms with Gasteiger partial charge in [0.15, 0.2) is 0 Å². The van der Waals surface area contributed by atoms with Crippen LogP contribution in [0.5, 0.6) is 0 Å². The van der Waals surface area contributed by atoms with Gasteiger partial charge < -0.3 is 0 Å². The molecule has 0 aliphatic rings. The maximum absolute atomic E-state index is 5.90. The topological polar surface area (TPSA) is 0 Å². The summed E-state index contributed by atoms with van der Waals surface area (Å²) in [6.07, 6.45) is 4.60. The molecule has 0 amide bonds. The Morgan fingerprint density at radius 1 is 1.09 bits per heavy atom. The number of hydrogen-bond acceptors (Lipinski definition) is 0. The second-order valence-corrected chi connectivity index (χ2v) is 5.73. The summed E-state index contributed by atoms with van der Waals surface area (Å²) in [6.45, 7) is 0. The molecule has 0 heterocycles. The third kappa shape index (κ3) is 7.89. The Bertz CT molecular complexity index is 88.5. The normalized spacial score (nSPS) is 16.4. The van der Waals surface area contributed by atoms with Crippen molar-refractivity contribution in [2.24, 2.45) is 0 Å². The third-order valence-electron chi connectivity index (χ3n) is 1.39. The molecule has 68 valence electrons. The maximum Gasteiger partial charge on any atom is 0.105 e.